The predicted octanol–water partition coefficient (Wildman–Crippen LogP) is -4.81. The number of hydrogen-bond donors (Lipinski definition) is 16. The zero-order chi connectivity index (χ0) is 64.3. The molecule has 88 heavy (non-hydrogen) atoms. The highest BCUT2D eigenvalue weighted by molar-refractivity contribution is 5.80. The number of carbonyl (C=O) groups excluding carboxylic acids is 2. The molecule has 5 saturated heterocycles. The van der Waals surface area contributed by atoms with E-state index in [1.807, 2.05) is 6.92 Å². The number of fused-ring (bicyclic) bond motifs is 7. The fourth-order valence-corrected chi connectivity index (χ4v) is 17.7. The number of rotatable bonds is 15. The standard InChI is InChI=1S/C59H94O29/c1-24-41(84-47-39(73)42(30(67)19-78-47)85-51-45(75)58(77,22-63)23-80-51)43(82-25(2)64)40(74)49(81-24)86-44-35(69)29(66)18-79-50(44)88-52(76)59-13-12-53(3,4)14-27(59)26-8-9-32-54(5)15-28(65)46(87-48-38(72)37(71)36(70)31(17-60)83-48)57(20-61,21-62)33(54)10-11-55(32,6)56(26,7)16-34(59)68/h8,24,27-51,60-63,65-75,77H,9-23H2,1-7H3. The zero-order valence-electron chi connectivity index (χ0n) is 50.7. The van der Waals surface area contributed by atoms with Crippen molar-refractivity contribution in [3.63, 3.8) is 0 Å². The molecule has 0 bridgehead atoms. The molecule has 0 aromatic carbocycles. The minimum absolute atomic E-state index is 0.0624. The van der Waals surface area contributed by atoms with Crippen LogP contribution in [0.2, 0.25) is 0 Å². The average Bonchev–Trinajstić information content (AvgIpc) is 0.764. The van der Waals surface area contributed by atoms with Crippen molar-refractivity contribution in [1.82, 2.24) is 0 Å². The van der Waals surface area contributed by atoms with Crippen LogP contribution in [0.25, 0.3) is 0 Å². The van der Waals surface area contributed by atoms with E-state index in [0.717, 1.165) is 12.5 Å². The quantitative estimate of drug-likeness (QED) is 0.0416. The van der Waals surface area contributed by atoms with Gasteiger partial charge in [-0.2, -0.15) is 0 Å². The number of aliphatic hydroxyl groups is 16. The molecule has 0 radical (unpaired) electrons. The van der Waals surface area contributed by atoms with E-state index in [1.165, 1.54) is 6.92 Å². The van der Waals surface area contributed by atoms with Crippen LogP contribution in [0.1, 0.15) is 99.8 Å². The van der Waals surface area contributed by atoms with E-state index in [9.17, 15) is 86.5 Å². The van der Waals surface area contributed by atoms with Crippen LogP contribution in [0.15, 0.2) is 11.6 Å². The average molecular weight is 1270 g/mol. The summed E-state index contributed by atoms with van der Waals surface area (Å²) >= 11 is 0. The first kappa shape index (κ1) is 68.5. The summed E-state index contributed by atoms with van der Waals surface area (Å²) in [6, 6.07) is 0. The molecule has 31 atom stereocenters. The maximum atomic E-state index is 15.5. The van der Waals surface area contributed by atoms with Gasteiger partial charge >= 0.3 is 11.9 Å². The Morgan fingerprint density at radius 1 is 0.602 bits per heavy atom. The van der Waals surface area contributed by atoms with Gasteiger partial charge in [0.15, 0.2) is 37.4 Å². The van der Waals surface area contributed by atoms with Crippen molar-refractivity contribution in [2.75, 3.05) is 46.2 Å². The third-order valence-electron chi connectivity index (χ3n) is 22.9. The van der Waals surface area contributed by atoms with Gasteiger partial charge in [0, 0.05) is 12.3 Å². The van der Waals surface area contributed by atoms with Crippen molar-refractivity contribution in [2.45, 2.75) is 247 Å². The lowest BCUT2D eigenvalue weighted by Gasteiger charge is -2.72. The molecule has 10 rings (SSSR count). The van der Waals surface area contributed by atoms with Crippen LogP contribution in [-0.2, 0) is 61.7 Å². The van der Waals surface area contributed by atoms with Gasteiger partial charge in [0.1, 0.15) is 84.3 Å². The monoisotopic (exact) mass is 1270 g/mol. The molecule has 5 aliphatic heterocycles. The fourth-order valence-electron chi connectivity index (χ4n) is 17.7. The highest BCUT2D eigenvalue weighted by Gasteiger charge is 2.74. The van der Waals surface area contributed by atoms with E-state index in [1.54, 1.807) is 0 Å². The van der Waals surface area contributed by atoms with Gasteiger partial charge in [-0.05, 0) is 97.7 Å². The number of allylic oxidation sites excluding steroid dienone is 2. The topological polar surface area (TPSA) is 459 Å². The molecule has 0 amide bonds. The van der Waals surface area contributed by atoms with E-state index < -0.39 is 244 Å². The molecular formula is C59H94O29. The summed E-state index contributed by atoms with van der Waals surface area (Å²) in [4.78, 5) is 28.2. The van der Waals surface area contributed by atoms with Crippen LogP contribution in [0, 0.1) is 50.2 Å². The van der Waals surface area contributed by atoms with E-state index in [0.29, 0.717) is 32.1 Å². The van der Waals surface area contributed by atoms with E-state index in [-0.39, 0.29) is 30.6 Å². The molecule has 9 fully saturated rings. The van der Waals surface area contributed by atoms with Gasteiger partial charge in [-0.1, -0.05) is 46.3 Å². The van der Waals surface area contributed by atoms with Crippen molar-refractivity contribution in [1.29, 1.82) is 0 Å². The lowest BCUT2D eigenvalue weighted by molar-refractivity contribution is -0.372. The maximum Gasteiger partial charge on any atom is 0.317 e. The highest BCUT2D eigenvalue weighted by Crippen LogP contribution is 2.76. The van der Waals surface area contributed by atoms with Crippen LogP contribution >= 0.6 is 0 Å². The summed E-state index contributed by atoms with van der Waals surface area (Å²) in [5.41, 5.74) is -6.99. The number of aliphatic hydroxyl groups excluding tert-OH is 15. The summed E-state index contributed by atoms with van der Waals surface area (Å²) in [7, 11) is 0. The van der Waals surface area contributed by atoms with Crippen LogP contribution < -0.4 is 0 Å². The first-order valence-corrected chi connectivity index (χ1v) is 30.8. The van der Waals surface area contributed by atoms with Gasteiger partial charge in [0.25, 0.3) is 0 Å². The van der Waals surface area contributed by atoms with Gasteiger partial charge in [-0.3, -0.25) is 9.59 Å². The summed E-state index contributed by atoms with van der Waals surface area (Å²) in [6.45, 7) is 8.34. The predicted molar refractivity (Wildman–Crippen MR) is 291 cm³/mol. The zero-order valence-corrected chi connectivity index (χ0v) is 50.7. The first-order chi connectivity index (χ1) is 41.3. The van der Waals surface area contributed by atoms with E-state index in [2.05, 4.69) is 33.8 Å². The Morgan fingerprint density at radius 3 is 1.89 bits per heavy atom. The first-order valence-electron chi connectivity index (χ1n) is 30.8. The minimum atomic E-state index is -2.10. The second-order valence-electron chi connectivity index (χ2n) is 28.4. The summed E-state index contributed by atoms with van der Waals surface area (Å²) < 4.78 is 64.7. The van der Waals surface area contributed by atoms with Crippen molar-refractivity contribution in [2.24, 2.45) is 50.2 Å². The SMILES string of the molecule is CC(=O)OC1C(O)C(OC2C(OC(=O)C34CCC(C)(C)CC3C3=CCC5C6(C)CC(O)C(OC7OC(CO)C(O)C(O)C7O)C(CO)(CO)C6CCC5(C)C3(C)CC4O)OCC(O)C2O)OC(C)C1OC1OCC(O)C(OC2OCC(O)(CO)C2O)C1O. The molecule has 29 heteroatoms. The van der Waals surface area contributed by atoms with E-state index in [4.69, 9.17) is 52.1 Å². The van der Waals surface area contributed by atoms with Crippen molar-refractivity contribution in [3.8, 4) is 0 Å². The van der Waals surface area contributed by atoms with E-state index >= 15 is 4.79 Å². The van der Waals surface area contributed by atoms with Crippen LogP contribution in [0.4, 0.5) is 0 Å². The Hall–Kier alpha value is -2.32. The third kappa shape index (κ3) is 11.1. The Morgan fingerprint density at radius 2 is 1.24 bits per heavy atom. The molecule has 31 unspecified atom stereocenters. The lowest BCUT2D eigenvalue weighted by Crippen LogP contribution is -2.71. The van der Waals surface area contributed by atoms with Gasteiger partial charge in [-0.15, -0.1) is 0 Å². The smallest absolute Gasteiger partial charge is 0.317 e. The molecule has 16 N–H and O–H groups in total. The van der Waals surface area contributed by atoms with Gasteiger partial charge in [0.05, 0.1) is 70.7 Å². The molecule has 0 aromatic heterocycles. The number of hydrogen-bond acceptors (Lipinski definition) is 29. The molecule has 0 spiro atoms. The summed E-state index contributed by atoms with van der Waals surface area (Å²) in [5, 5.41) is 178. The molecule has 0 aromatic rings. The molecule has 10 aliphatic rings. The Balaban J connectivity index is 0.883. The maximum absolute atomic E-state index is 15.5. The largest absolute Gasteiger partial charge is 0.457 e. The second kappa shape index (κ2) is 25.1. The van der Waals surface area contributed by atoms with Crippen LogP contribution in [0.5, 0.6) is 0 Å². The molecule has 5 heterocycles. The molecular weight excluding hydrogens is 1170 g/mol. The van der Waals surface area contributed by atoms with Gasteiger partial charge in [0.2, 0.25) is 6.29 Å². The molecule has 504 valence electrons. The lowest BCUT2D eigenvalue weighted by atomic mass is 9.33. The summed E-state index contributed by atoms with van der Waals surface area (Å²) in [5.74, 6) is -3.22. The number of ether oxygens (including phenoxy) is 11. The summed E-state index contributed by atoms with van der Waals surface area (Å²) in [6.07, 6.45) is -33.2. The highest BCUT2D eigenvalue weighted by atomic mass is 16.8. The van der Waals surface area contributed by atoms with Crippen molar-refractivity contribution >= 4 is 11.9 Å². The molecule has 29 nitrogen and oxygen atoms in total. The Kier molecular flexibility index (Phi) is 19.6. The second-order valence-corrected chi connectivity index (χ2v) is 28.4. The number of carbonyl (C=O) groups is 2. The number of esters is 2. The Labute approximate surface area is 508 Å². The normalized spacial score (nSPS) is 52.5. The molecule has 5 aliphatic carbocycles. The van der Waals surface area contributed by atoms with Gasteiger partial charge in [-0.25, -0.2) is 0 Å². The van der Waals surface area contributed by atoms with Crippen LogP contribution in [-0.4, -0.2) is 287 Å². The fraction of sp³-hybridized carbons (Fsp3) is 0.932. The Bertz CT molecular complexity index is 2500. The van der Waals surface area contributed by atoms with Crippen molar-refractivity contribution < 1.29 is 143 Å². The molecule has 4 saturated carbocycles. The van der Waals surface area contributed by atoms with Gasteiger partial charge < -0.3 is 134 Å². The third-order valence-corrected chi connectivity index (χ3v) is 22.9. The van der Waals surface area contributed by atoms with Crippen LogP contribution in [0.3, 0.4) is 0 Å². The van der Waals surface area contributed by atoms with Crippen molar-refractivity contribution in [3.05, 3.63) is 11.6 Å². The minimum Gasteiger partial charge on any atom is -0.457 e.